The van der Waals surface area contributed by atoms with Gasteiger partial charge in [0.05, 0.1) is 18.3 Å². The largest absolute Gasteiger partial charge is 0.376 e. The minimum atomic E-state index is -0.0990. The molecule has 1 aliphatic rings. The van der Waals surface area contributed by atoms with Gasteiger partial charge in [0, 0.05) is 26.8 Å². The second kappa shape index (κ2) is 8.13. The number of ether oxygens (including phenoxy) is 1. The maximum Gasteiger partial charge on any atom is 0.252 e. The first kappa shape index (κ1) is 16.7. The SMILES string of the molecule is C[C@@H]1CCCC[C@H]1OCCNC(=O)c1ccc(N(C)C)nc1. The fourth-order valence-electron chi connectivity index (χ4n) is 2.79. The van der Waals surface area contributed by atoms with E-state index in [9.17, 15) is 4.79 Å². The van der Waals surface area contributed by atoms with Gasteiger partial charge in [0.15, 0.2) is 0 Å². The molecule has 0 spiro atoms. The molecule has 122 valence electrons. The average Bonchev–Trinajstić information content (AvgIpc) is 2.53. The van der Waals surface area contributed by atoms with Gasteiger partial charge >= 0.3 is 0 Å². The molecule has 22 heavy (non-hydrogen) atoms. The number of anilines is 1. The second-order valence-electron chi connectivity index (χ2n) is 6.23. The first-order chi connectivity index (χ1) is 10.6. The summed E-state index contributed by atoms with van der Waals surface area (Å²) >= 11 is 0. The molecule has 1 N–H and O–H groups in total. The van der Waals surface area contributed by atoms with Crippen molar-refractivity contribution in [2.24, 2.45) is 5.92 Å². The van der Waals surface area contributed by atoms with Crippen molar-refractivity contribution in [2.75, 3.05) is 32.1 Å². The Morgan fingerprint density at radius 2 is 2.14 bits per heavy atom. The molecule has 5 heteroatoms. The highest BCUT2D eigenvalue weighted by Gasteiger charge is 2.21. The van der Waals surface area contributed by atoms with Gasteiger partial charge in [-0.2, -0.15) is 0 Å². The predicted molar refractivity (Wildman–Crippen MR) is 88.3 cm³/mol. The van der Waals surface area contributed by atoms with Crippen LogP contribution < -0.4 is 10.2 Å². The fourth-order valence-corrected chi connectivity index (χ4v) is 2.79. The first-order valence-corrected chi connectivity index (χ1v) is 8.11. The Bertz CT molecular complexity index is 473. The molecule has 0 radical (unpaired) electrons. The number of aromatic nitrogens is 1. The van der Waals surface area contributed by atoms with Crippen LogP contribution in [0.3, 0.4) is 0 Å². The number of carbonyl (C=O) groups is 1. The molecular weight excluding hydrogens is 278 g/mol. The maximum atomic E-state index is 12.0. The number of pyridine rings is 1. The first-order valence-electron chi connectivity index (χ1n) is 8.11. The van der Waals surface area contributed by atoms with Crippen LogP contribution in [0.25, 0.3) is 0 Å². The number of carbonyl (C=O) groups excluding carboxylic acids is 1. The fraction of sp³-hybridized carbons (Fsp3) is 0.647. The van der Waals surface area contributed by atoms with Gasteiger partial charge in [-0.1, -0.05) is 19.8 Å². The highest BCUT2D eigenvalue weighted by atomic mass is 16.5. The van der Waals surface area contributed by atoms with Crippen molar-refractivity contribution < 1.29 is 9.53 Å². The van der Waals surface area contributed by atoms with Crippen LogP contribution in [0.5, 0.6) is 0 Å². The Kier molecular flexibility index (Phi) is 6.19. The predicted octanol–water partition coefficient (Wildman–Crippen LogP) is 2.47. The number of nitrogens with zero attached hydrogens (tertiary/aromatic N) is 2. The van der Waals surface area contributed by atoms with Crippen LogP contribution in [-0.4, -0.2) is 44.2 Å². The Morgan fingerprint density at radius 3 is 2.77 bits per heavy atom. The number of hydrogen-bond donors (Lipinski definition) is 1. The lowest BCUT2D eigenvalue weighted by atomic mass is 9.88. The minimum Gasteiger partial charge on any atom is -0.376 e. The van der Waals surface area contributed by atoms with E-state index in [1.54, 1.807) is 12.3 Å². The molecule has 1 amide bonds. The molecule has 2 rings (SSSR count). The molecule has 1 aromatic rings. The molecule has 1 heterocycles. The lowest BCUT2D eigenvalue weighted by Gasteiger charge is -2.28. The van der Waals surface area contributed by atoms with Crippen LogP contribution in [0.2, 0.25) is 0 Å². The lowest BCUT2D eigenvalue weighted by molar-refractivity contribution is -0.00294. The summed E-state index contributed by atoms with van der Waals surface area (Å²) in [5.41, 5.74) is 0.580. The third-order valence-electron chi connectivity index (χ3n) is 4.22. The molecule has 0 aliphatic heterocycles. The zero-order valence-corrected chi connectivity index (χ0v) is 13.8. The number of amides is 1. The van der Waals surface area contributed by atoms with Crippen molar-refractivity contribution in [3.05, 3.63) is 23.9 Å². The van der Waals surface area contributed by atoms with E-state index in [1.807, 2.05) is 25.1 Å². The van der Waals surface area contributed by atoms with Crippen molar-refractivity contribution in [1.29, 1.82) is 0 Å². The van der Waals surface area contributed by atoms with E-state index in [-0.39, 0.29) is 5.91 Å². The van der Waals surface area contributed by atoms with Crippen molar-refractivity contribution in [3.63, 3.8) is 0 Å². The minimum absolute atomic E-state index is 0.0990. The number of hydrogen-bond acceptors (Lipinski definition) is 4. The van der Waals surface area contributed by atoms with E-state index in [0.717, 1.165) is 12.2 Å². The molecule has 0 aromatic carbocycles. The summed E-state index contributed by atoms with van der Waals surface area (Å²) < 4.78 is 5.90. The van der Waals surface area contributed by atoms with Crippen molar-refractivity contribution in [3.8, 4) is 0 Å². The van der Waals surface area contributed by atoms with E-state index >= 15 is 0 Å². The van der Waals surface area contributed by atoms with Crippen molar-refractivity contribution >= 4 is 11.7 Å². The highest BCUT2D eigenvalue weighted by Crippen LogP contribution is 2.25. The molecule has 1 fully saturated rings. The van der Waals surface area contributed by atoms with E-state index < -0.39 is 0 Å². The number of nitrogens with one attached hydrogen (secondary N) is 1. The summed E-state index contributed by atoms with van der Waals surface area (Å²) in [7, 11) is 3.84. The van der Waals surface area contributed by atoms with E-state index in [4.69, 9.17) is 4.74 Å². The number of rotatable bonds is 6. The van der Waals surface area contributed by atoms with E-state index in [0.29, 0.717) is 30.7 Å². The quantitative estimate of drug-likeness (QED) is 0.820. The third kappa shape index (κ3) is 4.70. The van der Waals surface area contributed by atoms with E-state index in [1.165, 1.54) is 19.3 Å². The molecule has 2 atom stereocenters. The normalized spacial score (nSPS) is 21.4. The van der Waals surface area contributed by atoms with E-state index in [2.05, 4.69) is 17.2 Å². The van der Waals surface area contributed by atoms with Crippen LogP contribution >= 0.6 is 0 Å². The summed E-state index contributed by atoms with van der Waals surface area (Å²) in [5, 5.41) is 2.88. The van der Waals surface area contributed by atoms with Gasteiger partial charge in [-0.05, 0) is 30.9 Å². The molecule has 1 aliphatic carbocycles. The van der Waals surface area contributed by atoms with Crippen molar-refractivity contribution in [2.45, 2.75) is 38.7 Å². The van der Waals surface area contributed by atoms with Crippen LogP contribution in [0.15, 0.2) is 18.3 Å². The standard InChI is InChI=1S/C17H27N3O2/c1-13-6-4-5-7-15(13)22-11-10-18-17(21)14-8-9-16(19-12-14)20(2)3/h8-9,12-13,15H,4-7,10-11H2,1-3H3,(H,18,21)/t13-,15-/m1/s1. The highest BCUT2D eigenvalue weighted by molar-refractivity contribution is 5.94. The van der Waals surface area contributed by atoms with Gasteiger partial charge in [0.25, 0.3) is 5.91 Å². The maximum absolute atomic E-state index is 12.0. The topological polar surface area (TPSA) is 54.5 Å². The monoisotopic (exact) mass is 305 g/mol. The van der Waals surface area contributed by atoms with Gasteiger partial charge in [-0.3, -0.25) is 4.79 Å². The molecular formula is C17H27N3O2. The molecule has 1 saturated carbocycles. The summed E-state index contributed by atoms with van der Waals surface area (Å²) in [4.78, 5) is 18.2. The Morgan fingerprint density at radius 1 is 1.36 bits per heavy atom. The Balaban J connectivity index is 1.71. The van der Waals surface area contributed by atoms with Gasteiger partial charge in [0.2, 0.25) is 0 Å². The lowest BCUT2D eigenvalue weighted by Crippen LogP contribution is -2.31. The van der Waals surface area contributed by atoms with Crippen LogP contribution in [0.4, 0.5) is 5.82 Å². The smallest absolute Gasteiger partial charge is 0.252 e. The molecule has 0 bridgehead atoms. The zero-order chi connectivity index (χ0) is 15.9. The van der Waals surface area contributed by atoms with Gasteiger partial charge in [0.1, 0.15) is 5.82 Å². The molecule has 5 nitrogen and oxygen atoms in total. The molecule has 1 aromatic heterocycles. The second-order valence-corrected chi connectivity index (χ2v) is 6.23. The zero-order valence-electron chi connectivity index (χ0n) is 13.8. The Labute approximate surface area is 133 Å². The molecule has 0 unspecified atom stereocenters. The van der Waals surface area contributed by atoms with Crippen LogP contribution in [0, 0.1) is 5.92 Å². The van der Waals surface area contributed by atoms with Crippen LogP contribution in [0.1, 0.15) is 43.0 Å². The Hall–Kier alpha value is -1.62. The molecule has 0 saturated heterocycles. The van der Waals surface area contributed by atoms with Gasteiger partial charge in [-0.15, -0.1) is 0 Å². The summed E-state index contributed by atoms with van der Waals surface area (Å²) in [5.74, 6) is 1.37. The summed E-state index contributed by atoms with van der Waals surface area (Å²) in [6.45, 7) is 3.36. The summed E-state index contributed by atoms with van der Waals surface area (Å²) in [6, 6.07) is 3.64. The van der Waals surface area contributed by atoms with Crippen LogP contribution in [-0.2, 0) is 4.74 Å². The summed E-state index contributed by atoms with van der Waals surface area (Å²) in [6.07, 6.45) is 6.92. The average molecular weight is 305 g/mol. The van der Waals surface area contributed by atoms with Gasteiger partial charge in [-0.25, -0.2) is 4.98 Å². The van der Waals surface area contributed by atoms with Gasteiger partial charge < -0.3 is 15.0 Å². The third-order valence-corrected chi connectivity index (χ3v) is 4.22. The van der Waals surface area contributed by atoms with Crippen molar-refractivity contribution in [1.82, 2.24) is 10.3 Å².